The molecule has 0 radical (unpaired) electrons. The second kappa shape index (κ2) is 11.4. The van der Waals surface area contributed by atoms with Gasteiger partial charge in [0.05, 0.1) is 22.7 Å². The minimum atomic E-state index is -4.47. The largest absolute Gasteiger partial charge is 0.438 e. The van der Waals surface area contributed by atoms with Crippen LogP contribution in [-0.4, -0.2) is 29.7 Å². The van der Waals surface area contributed by atoms with Crippen molar-refractivity contribution >= 4 is 64.3 Å². The molecular weight excluding hydrogens is 523 g/mol. The Morgan fingerprint density at radius 2 is 1.97 bits per heavy atom. The van der Waals surface area contributed by atoms with Crippen LogP contribution in [0.3, 0.4) is 0 Å². The number of nitrogens with zero attached hydrogens (tertiary/aromatic N) is 2. The highest BCUT2D eigenvalue weighted by molar-refractivity contribution is 7.53. The lowest BCUT2D eigenvalue weighted by Crippen LogP contribution is -2.29. The predicted molar refractivity (Wildman–Crippen MR) is 141 cm³/mol. The molecule has 0 saturated heterocycles. The summed E-state index contributed by atoms with van der Waals surface area (Å²) in [7, 11) is -4.47. The quantitative estimate of drug-likeness (QED) is 0.204. The van der Waals surface area contributed by atoms with Crippen LogP contribution in [-0.2, 0) is 23.4 Å². The van der Waals surface area contributed by atoms with Crippen molar-refractivity contribution in [1.82, 2.24) is 0 Å². The van der Waals surface area contributed by atoms with Crippen LogP contribution in [0, 0.1) is 16.7 Å². The van der Waals surface area contributed by atoms with Crippen molar-refractivity contribution in [2.24, 2.45) is 5.41 Å². The van der Waals surface area contributed by atoms with E-state index in [2.05, 4.69) is 6.07 Å². The molecule has 1 unspecified atom stereocenters. The molecule has 0 aliphatic rings. The summed E-state index contributed by atoms with van der Waals surface area (Å²) in [5.74, 6) is -1.36. The third-order valence-corrected chi connectivity index (χ3v) is 7.28. The van der Waals surface area contributed by atoms with Crippen LogP contribution in [0.4, 0.5) is 5.69 Å². The van der Waals surface area contributed by atoms with Crippen LogP contribution in [0.15, 0.2) is 54.0 Å². The summed E-state index contributed by atoms with van der Waals surface area (Å²) in [5, 5.41) is 12.2. The topological polar surface area (TPSA) is 117 Å². The van der Waals surface area contributed by atoms with Crippen molar-refractivity contribution in [3.8, 4) is 6.07 Å². The zero-order valence-electron chi connectivity index (χ0n) is 19.8. The average molecular weight is 547 g/mol. The molecule has 1 heterocycles. The van der Waals surface area contributed by atoms with E-state index >= 15 is 0 Å². The first-order valence-corrected chi connectivity index (χ1v) is 13.7. The van der Waals surface area contributed by atoms with Gasteiger partial charge in [-0.05, 0) is 56.7 Å². The molecule has 0 spiro atoms. The Bertz CT molecular complexity index is 1410. The number of thiophene rings is 1. The number of fused-ring (bicyclic) bond motifs is 1. The van der Waals surface area contributed by atoms with E-state index in [9.17, 15) is 24.3 Å². The van der Waals surface area contributed by atoms with E-state index in [0.717, 1.165) is 4.70 Å². The fourth-order valence-electron chi connectivity index (χ4n) is 3.04. The van der Waals surface area contributed by atoms with Gasteiger partial charge in [0.25, 0.3) is 0 Å². The third kappa shape index (κ3) is 7.03. The van der Waals surface area contributed by atoms with Crippen LogP contribution in [0.25, 0.3) is 16.2 Å². The minimum Gasteiger partial charge on any atom is -0.438 e. The van der Waals surface area contributed by atoms with E-state index in [4.69, 9.17) is 20.9 Å². The number of halogens is 1. The number of rotatable bonds is 8. The predicted octanol–water partition coefficient (Wildman–Crippen LogP) is 6.18. The maximum atomic E-state index is 13.3. The van der Waals surface area contributed by atoms with E-state index < -0.39 is 37.8 Å². The highest BCUT2D eigenvalue weighted by Crippen LogP contribution is 2.43. The SMILES string of the molecule is CC(C)(C)C(=O)OCOP(=O)(O)CC(=O)N(/C=C/c1ccccc1C#N)c1csc2ccc(Cl)cc12. The van der Waals surface area contributed by atoms with Crippen LogP contribution < -0.4 is 4.90 Å². The van der Waals surface area contributed by atoms with Crippen molar-refractivity contribution in [3.05, 3.63) is 70.2 Å². The fourth-order valence-corrected chi connectivity index (χ4v) is 4.93. The monoisotopic (exact) mass is 546 g/mol. The molecule has 1 aromatic heterocycles. The van der Waals surface area contributed by atoms with Crippen LogP contribution in [0.1, 0.15) is 31.9 Å². The van der Waals surface area contributed by atoms with Gasteiger partial charge in [-0.1, -0.05) is 29.8 Å². The normalized spacial score (nSPS) is 13.3. The second-order valence-electron chi connectivity index (χ2n) is 8.76. The molecule has 0 fully saturated rings. The first-order valence-electron chi connectivity index (χ1n) is 10.7. The molecule has 11 heteroatoms. The number of amides is 1. The summed E-state index contributed by atoms with van der Waals surface area (Å²) in [6.45, 7) is 4.12. The first-order chi connectivity index (χ1) is 16.9. The minimum absolute atomic E-state index is 0.399. The van der Waals surface area contributed by atoms with Crippen molar-refractivity contribution < 1.29 is 28.3 Å². The number of hydrogen-bond acceptors (Lipinski definition) is 7. The number of carbonyl (C=O) groups excluding carboxylic acids is 2. The zero-order chi connectivity index (χ0) is 26.5. The Morgan fingerprint density at radius 1 is 1.25 bits per heavy atom. The molecule has 0 bridgehead atoms. The van der Waals surface area contributed by atoms with Crippen molar-refractivity contribution in [1.29, 1.82) is 5.26 Å². The molecule has 0 aliphatic carbocycles. The van der Waals surface area contributed by atoms with Gasteiger partial charge in [-0.15, -0.1) is 11.3 Å². The molecule has 1 N–H and O–H groups in total. The van der Waals surface area contributed by atoms with Crippen molar-refractivity contribution in [2.45, 2.75) is 20.8 Å². The molecule has 188 valence electrons. The van der Waals surface area contributed by atoms with Crippen LogP contribution in [0.2, 0.25) is 5.02 Å². The number of anilines is 1. The van der Waals surface area contributed by atoms with Gasteiger partial charge >= 0.3 is 13.6 Å². The van der Waals surface area contributed by atoms with Crippen molar-refractivity contribution in [3.63, 3.8) is 0 Å². The smallest absolute Gasteiger partial charge is 0.340 e. The summed E-state index contributed by atoms with van der Waals surface area (Å²) < 4.78 is 23.2. The lowest BCUT2D eigenvalue weighted by Gasteiger charge is -2.21. The first kappa shape index (κ1) is 27.6. The van der Waals surface area contributed by atoms with Crippen LogP contribution in [0.5, 0.6) is 0 Å². The number of benzene rings is 2. The van der Waals surface area contributed by atoms with E-state index in [1.807, 2.05) is 6.07 Å². The molecule has 3 rings (SSSR count). The highest BCUT2D eigenvalue weighted by Gasteiger charge is 2.30. The molecule has 0 saturated carbocycles. The Morgan fingerprint density at radius 3 is 2.67 bits per heavy atom. The number of hydrogen-bond donors (Lipinski definition) is 1. The van der Waals surface area contributed by atoms with Gasteiger partial charge in [-0.25, -0.2) is 0 Å². The van der Waals surface area contributed by atoms with E-state index in [-0.39, 0.29) is 0 Å². The fraction of sp³-hybridized carbons (Fsp3) is 0.240. The lowest BCUT2D eigenvalue weighted by atomic mass is 9.98. The lowest BCUT2D eigenvalue weighted by molar-refractivity contribution is -0.159. The second-order valence-corrected chi connectivity index (χ2v) is 12.0. The Kier molecular flexibility index (Phi) is 8.72. The molecule has 3 aromatic rings. The number of nitriles is 1. The summed E-state index contributed by atoms with van der Waals surface area (Å²) in [6, 6.07) is 14.1. The maximum Gasteiger partial charge on any atom is 0.340 e. The number of ether oxygens (including phenoxy) is 1. The highest BCUT2D eigenvalue weighted by atomic mass is 35.5. The van der Waals surface area contributed by atoms with Gasteiger partial charge in [-0.3, -0.25) is 23.6 Å². The summed E-state index contributed by atoms with van der Waals surface area (Å²) in [6.07, 6.45) is 2.13. The van der Waals surface area contributed by atoms with Gasteiger partial charge in [0.2, 0.25) is 12.7 Å². The maximum absolute atomic E-state index is 13.3. The van der Waals surface area contributed by atoms with Gasteiger partial charge in [0.1, 0.15) is 6.16 Å². The zero-order valence-corrected chi connectivity index (χ0v) is 22.3. The molecule has 8 nitrogen and oxygen atoms in total. The van der Waals surface area contributed by atoms with Gasteiger partial charge in [0, 0.05) is 26.7 Å². The summed E-state index contributed by atoms with van der Waals surface area (Å²) in [4.78, 5) is 36.6. The molecule has 1 amide bonds. The van der Waals surface area contributed by atoms with Gasteiger partial charge in [0.15, 0.2) is 0 Å². The molecule has 1 atom stereocenters. The summed E-state index contributed by atoms with van der Waals surface area (Å²) >= 11 is 7.54. The van der Waals surface area contributed by atoms with E-state index in [0.29, 0.717) is 27.2 Å². The summed E-state index contributed by atoms with van der Waals surface area (Å²) in [5.41, 5.74) is 0.595. The third-order valence-electron chi connectivity index (χ3n) is 4.92. The van der Waals surface area contributed by atoms with E-state index in [1.54, 1.807) is 68.6 Å². The molecule has 0 aliphatic heterocycles. The van der Waals surface area contributed by atoms with Crippen molar-refractivity contribution in [2.75, 3.05) is 17.9 Å². The number of esters is 1. The molecule has 2 aromatic carbocycles. The van der Waals surface area contributed by atoms with Crippen LogP contribution >= 0.6 is 30.5 Å². The standard InChI is InChI=1S/C25H24ClN2O6PS/c1-25(2,3)24(30)33-16-34-35(31,32)14-23(29)28(11-10-17-6-4-5-7-18(17)13-27)21-15-36-22-9-8-19(26)12-20(21)22/h4-12,15H,14,16H2,1-3H3,(H,31,32)/b11-10+. The molecular formula is C25H24ClN2O6PS. The average Bonchev–Trinajstić information content (AvgIpc) is 3.21. The Balaban J connectivity index is 1.89. The molecule has 36 heavy (non-hydrogen) atoms. The Hall–Kier alpha value is -2.99. The Labute approximate surface area is 217 Å². The number of carbonyl (C=O) groups is 2. The van der Waals surface area contributed by atoms with Gasteiger partial charge in [-0.2, -0.15) is 5.26 Å². The van der Waals surface area contributed by atoms with Gasteiger partial charge < -0.3 is 9.63 Å². The van der Waals surface area contributed by atoms with E-state index in [1.165, 1.54) is 22.4 Å².